The van der Waals surface area contributed by atoms with Gasteiger partial charge in [-0.3, -0.25) is 9.69 Å². The van der Waals surface area contributed by atoms with Crippen LogP contribution in [0.5, 0.6) is 11.5 Å². The highest BCUT2D eigenvalue weighted by Gasteiger charge is 2.50. The monoisotopic (exact) mass is 386 g/mol. The summed E-state index contributed by atoms with van der Waals surface area (Å²) in [6.45, 7) is 1.99. The van der Waals surface area contributed by atoms with Crippen molar-refractivity contribution in [2.45, 2.75) is 45.1 Å². The normalized spacial score (nSPS) is 30.5. The summed E-state index contributed by atoms with van der Waals surface area (Å²) in [6, 6.07) is 5.91. The number of carbonyl (C=O) groups is 1. The lowest BCUT2D eigenvalue weighted by Crippen LogP contribution is -2.51. The Morgan fingerprint density at radius 3 is 2.25 bits per heavy atom. The van der Waals surface area contributed by atoms with Crippen LogP contribution in [0, 0.1) is 23.2 Å². The largest absolute Gasteiger partial charge is 0.493 e. The van der Waals surface area contributed by atoms with Crippen LogP contribution in [-0.2, 0) is 11.3 Å². The minimum Gasteiger partial charge on any atom is -0.493 e. The standard InChI is InChI=1S/C23H34N2O3/c1-25(13-16-4-5-20(27-2)21(9-16)28-3)14-22(26)24-15-23-10-17-6-18(11-23)8-19(7-17)12-23/h4-5,9,17-19H,6-8,10-15H2,1-3H3,(H,24,26). The van der Waals surface area contributed by atoms with Gasteiger partial charge in [-0.15, -0.1) is 0 Å². The summed E-state index contributed by atoms with van der Waals surface area (Å²) in [5.74, 6) is 4.36. The molecule has 4 fully saturated rings. The average molecular weight is 387 g/mol. The molecule has 28 heavy (non-hydrogen) atoms. The zero-order chi connectivity index (χ0) is 19.7. The van der Waals surface area contributed by atoms with Crippen molar-refractivity contribution in [3.63, 3.8) is 0 Å². The van der Waals surface area contributed by atoms with E-state index in [2.05, 4.69) is 10.2 Å². The molecule has 0 radical (unpaired) electrons. The van der Waals surface area contributed by atoms with Gasteiger partial charge in [0.25, 0.3) is 0 Å². The molecule has 154 valence electrons. The van der Waals surface area contributed by atoms with Crippen LogP contribution in [0.25, 0.3) is 0 Å². The summed E-state index contributed by atoms with van der Waals surface area (Å²) in [4.78, 5) is 14.6. The quantitative estimate of drug-likeness (QED) is 0.743. The summed E-state index contributed by atoms with van der Waals surface area (Å²) in [7, 11) is 5.27. The third kappa shape index (κ3) is 4.14. The lowest BCUT2D eigenvalue weighted by Gasteiger charge is -2.56. The van der Waals surface area contributed by atoms with Crippen LogP contribution in [-0.4, -0.2) is 45.2 Å². The Labute approximate surface area is 168 Å². The Morgan fingerprint density at radius 1 is 1.07 bits per heavy atom. The van der Waals surface area contributed by atoms with Crippen molar-refractivity contribution in [3.8, 4) is 11.5 Å². The second-order valence-corrected chi connectivity index (χ2v) is 9.56. The van der Waals surface area contributed by atoms with Gasteiger partial charge < -0.3 is 14.8 Å². The molecule has 5 rings (SSSR count). The molecule has 0 atom stereocenters. The Morgan fingerprint density at radius 2 is 1.68 bits per heavy atom. The zero-order valence-corrected chi connectivity index (χ0v) is 17.5. The molecule has 0 aromatic heterocycles. The molecule has 1 aromatic carbocycles. The smallest absolute Gasteiger partial charge is 0.234 e. The maximum Gasteiger partial charge on any atom is 0.234 e. The van der Waals surface area contributed by atoms with E-state index >= 15 is 0 Å². The number of ether oxygens (including phenoxy) is 2. The predicted octanol–water partition coefficient (Wildman–Crippen LogP) is 3.47. The number of benzene rings is 1. The van der Waals surface area contributed by atoms with E-state index in [9.17, 15) is 4.79 Å². The molecule has 0 saturated heterocycles. The van der Waals surface area contributed by atoms with Gasteiger partial charge in [0.2, 0.25) is 5.91 Å². The number of methoxy groups -OCH3 is 2. The van der Waals surface area contributed by atoms with Gasteiger partial charge in [0.1, 0.15) is 0 Å². The summed E-state index contributed by atoms with van der Waals surface area (Å²) in [6.07, 6.45) is 8.34. The second kappa shape index (κ2) is 7.94. The predicted molar refractivity (Wildman–Crippen MR) is 109 cm³/mol. The summed E-state index contributed by atoms with van der Waals surface area (Å²) < 4.78 is 10.7. The maximum absolute atomic E-state index is 12.6. The first-order valence-electron chi connectivity index (χ1n) is 10.6. The highest BCUT2D eigenvalue weighted by molar-refractivity contribution is 5.78. The van der Waals surface area contributed by atoms with Crippen LogP contribution in [0.1, 0.15) is 44.1 Å². The molecular weight excluding hydrogens is 352 g/mol. The van der Waals surface area contributed by atoms with Gasteiger partial charge in [-0.2, -0.15) is 0 Å². The van der Waals surface area contributed by atoms with Gasteiger partial charge >= 0.3 is 0 Å². The average Bonchev–Trinajstić information content (AvgIpc) is 2.65. The van der Waals surface area contributed by atoms with Gasteiger partial charge in [-0.1, -0.05) is 6.07 Å². The van der Waals surface area contributed by atoms with Crippen LogP contribution in [0.2, 0.25) is 0 Å². The van der Waals surface area contributed by atoms with Crippen LogP contribution < -0.4 is 14.8 Å². The fourth-order valence-corrected chi connectivity index (χ4v) is 6.44. The first-order chi connectivity index (χ1) is 13.5. The molecule has 5 nitrogen and oxygen atoms in total. The van der Waals surface area contributed by atoms with Gasteiger partial charge in [-0.25, -0.2) is 0 Å². The van der Waals surface area contributed by atoms with Gasteiger partial charge in [-0.05, 0) is 86.4 Å². The van der Waals surface area contributed by atoms with Crippen LogP contribution >= 0.6 is 0 Å². The Balaban J connectivity index is 1.27. The summed E-state index contributed by atoms with van der Waals surface area (Å²) in [5, 5.41) is 3.27. The first kappa shape index (κ1) is 19.6. The van der Waals surface area contributed by atoms with Crippen molar-refractivity contribution < 1.29 is 14.3 Å². The zero-order valence-electron chi connectivity index (χ0n) is 17.5. The molecule has 0 aliphatic heterocycles. The minimum atomic E-state index is 0.138. The number of carbonyl (C=O) groups excluding carboxylic acids is 1. The van der Waals surface area contributed by atoms with E-state index in [-0.39, 0.29) is 5.91 Å². The Kier molecular flexibility index (Phi) is 5.55. The maximum atomic E-state index is 12.6. The highest BCUT2D eigenvalue weighted by Crippen LogP contribution is 2.59. The molecule has 4 aliphatic carbocycles. The molecule has 1 amide bonds. The molecular formula is C23H34N2O3. The van der Waals surface area contributed by atoms with Crippen molar-refractivity contribution in [2.75, 3.05) is 34.4 Å². The van der Waals surface area contributed by atoms with Crippen molar-refractivity contribution in [2.24, 2.45) is 23.2 Å². The first-order valence-corrected chi connectivity index (χ1v) is 10.6. The number of nitrogens with one attached hydrogen (secondary N) is 1. The Hall–Kier alpha value is -1.75. The van der Waals surface area contributed by atoms with Crippen molar-refractivity contribution in [1.82, 2.24) is 10.2 Å². The summed E-state index contributed by atoms with van der Waals surface area (Å²) >= 11 is 0. The van der Waals surface area contributed by atoms with Gasteiger partial charge in [0.15, 0.2) is 11.5 Å². The van der Waals surface area contributed by atoms with E-state index in [1.54, 1.807) is 14.2 Å². The van der Waals surface area contributed by atoms with E-state index in [4.69, 9.17) is 9.47 Å². The van der Waals surface area contributed by atoms with Crippen molar-refractivity contribution in [3.05, 3.63) is 23.8 Å². The molecule has 1 aromatic rings. The van der Waals surface area contributed by atoms with E-state index in [1.807, 2.05) is 25.2 Å². The molecule has 4 saturated carbocycles. The third-order valence-electron chi connectivity index (χ3n) is 7.14. The minimum absolute atomic E-state index is 0.138. The lowest BCUT2D eigenvalue weighted by atomic mass is 9.49. The van der Waals surface area contributed by atoms with Crippen LogP contribution in [0.4, 0.5) is 0 Å². The number of hydrogen-bond donors (Lipinski definition) is 1. The molecule has 5 heteroatoms. The number of amides is 1. The number of nitrogens with zero attached hydrogens (tertiary/aromatic N) is 1. The second-order valence-electron chi connectivity index (χ2n) is 9.56. The van der Waals surface area contributed by atoms with E-state index in [0.29, 0.717) is 18.5 Å². The van der Waals surface area contributed by atoms with Crippen LogP contribution in [0.15, 0.2) is 18.2 Å². The SMILES string of the molecule is COc1ccc(CN(C)CC(=O)NCC23CC4CC(CC(C4)C2)C3)cc1OC. The molecule has 0 heterocycles. The number of hydrogen-bond acceptors (Lipinski definition) is 4. The fraction of sp³-hybridized carbons (Fsp3) is 0.696. The molecule has 4 aliphatic rings. The molecule has 0 unspecified atom stereocenters. The molecule has 0 spiro atoms. The number of rotatable bonds is 8. The van der Waals surface area contributed by atoms with Gasteiger partial charge in [0.05, 0.1) is 20.8 Å². The fourth-order valence-electron chi connectivity index (χ4n) is 6.44. The van der Waals surface area contributed by atoms with Gasteiger partial charge in [0, 0.05) is 13.1 Å². The van der Waals surface area contributed by atoms with Crippen molar-refractivity contribution in [1.29, 1.82) is 0 Å². The number of likely N-dealkylation sites (N-methyl/N-ethyl adjacent to an activating group) is 1. The summed E-state index contributed by atoms with van der Waals surface area (Å²) in [5.41, 5.74) is 1.50. The molecule has 1 N–H and O–H groups in total. The van der Waals surface area contributed by atoms with E-state index in [1.165, 1.54) is 38.5 Å². The van der Waals surface area contributed by atoms with Crippen molar-refractivity contribution >= 4 is 5.91 Å². The lowest BCUT2D eigenvalue weighted by molar-refractivity contribution is -0.124. The topological polar surface area (TPSA) is 50.8 Å². The molecule has 4 bridgehead atoms. The van der Waals surface area contributed by atoms with Crippen LogP contribution in [0.3, 0.4) is 0 Å². The third-order valence-corrected chi connectivity index (χ3v) is 7.14. The highest BCUT2D eigenvalue weighted by atomic mass is 16.5. The van der Waals surface area contributed by atoms with E-state index in [0.717, 1.165) is 41.4 Å². The van der Waals surface area contributed by atoms with E-state index < -0.39 is 0 Å². The Bertz CT molecular complexity index is 683.